The van der Waals surface area contributed by atoms with Crippen molar-refractivity contribution in [3.05, 3.63) is 30.4 Å². The maximum Gasteiger partial charge on any atom is 0.111 e. The predicted molar refractivity (Wildman–Crippen MR) is 108 cm³/mol. The molecule has 0 bridgehead atoms. The zero-order chi connectivity index (χ0) is 18.0. The lowest BCUT2D eigenvalue weighted by molar-refractivity contribution is 0.252. The number of H-pyrrole nitrogens is 1. The van der Waals surface area contributed by atoms with E-state index in [4.69, 9.17) is 0 Å². The number of hydrogen-bond acceptors (Lipinski definition) is 2. The van der Waals surface area contributed by atoms with Gasteiger partial charge in [-0.3, -0.25) is 0 Å². The van der Waals surface area contributed by atoms with Crippen molar-refractivity contribution < 1.29 is 5.11 Å². The van der Waals surface area contributed by atoms with Crippen molar-refractivity contribution in [3.8, 4) is 0 Å². The van der Waals surface area contributed by atoms with Crippen LogP contribution in [0, 0.1) is 0 Å². The van der Waals surface area contributed by atoms with E-state index in [1.54, 1.807) is 6.20 Å². The third-order valence-corrected chi connectivity index (χ3v) is 4.94. The Hall–Kier alpha value is -1.09. The summed E-state index contributed by atoms with van der Waals surface area (Å²) < 4.78 is 0. The van der Waals surface area contributed by atoms with E-state index in [1.807, 2.05) is 6.20 Å². The van der Waals surface area contributed by atoms with E-state index < -0.39 is 0 Å². The highest BCUT2D eigenvalue weighted by Crippen LogP contribution is 2.19. The minimum absolute atomic E-state index is 0.180. The number of nitrogens with zero attached hydrogens (tertiary/aromatic N) is 1. The SMILES string of the molecule is CCCCCCCC/C=C/CCCCCCCC(CO)c1ncc[nH]1. The van der Waals surface area contributed by atoms with Crippen LogP contribution in [-0.4, -0.2) is 21.7 Å². The van der Waals surface area contributed by atoms with Gasteiger partial charge in [0.1, 0.15) is 5.82 Å². The average Bonchev–Trinajstić information content (AvgIpc) is 3.16. The monoisotopic (exact) mass is 348 g/mol. The first-order valence-corrected chi connectivity index (χ1v) is 10.6. The lowest BCUT2D eigenvalue weighted by atomic mass is 10.0. The Kier molecular flexibility index (Phi) is 14.4. The Morgan fingerprint density at radius 2 is 1.52 bits per heavy atom. The summed E-state index contributed by atoms with van der Waals surface area (Å²) in [4.78, 5) is 7.36. The molecular formula is C22H40N2O. The molecule has 144 valence electrons. The van der Waals surface area contributed by atoms with Crippen LogP contribution in [0.5, 0.6) is 0 Å². The fourth-order valence-electron chi connectivity index (χ4n) is 3.28. The molecule has 0 aromatic carbocycles. The number of nitrogens with one attached hydrogen (secondary N) is 1. The minimum Gasteiger partial charge on any atom is -0.396 e. The number of aromatic amines is 1. The van der Waals surface area contributed by atoms with Crippen LogP contribution in [0.1, 0.15) is 109 Å². The van der Waals surface area contributed by atoms with Crippen molar-refractivity contribution in [2.45, 2.75) is 103 Å². The molecule has 0 radical (unpaired) electrons. The Bertz CT molecular complexity index is 400. The molecule has 3 nitrogen and oxygen atoms in total. The van der Waals surface area contributed by atoms with Gasteiger partial charge < -0.3 is 10.1 Å². The molecule has 1 rings (SSSR count). The second-order valence-electron chi connectivity index (χ2n) is 7.23. The zero-order valence-electron chi connectivity index (χ0n) is 16.4. The molecule has 3 heteroatoms. The highest BCUT2D eigenvalue weighted by atomic mass is 16.3. The Labute approximate surface area is 155 Å². The molecule has 1 aromatic heterocycles. The quantitative estimate of drug-likeness (QED) is 0.248. The number of rotatable bonds is 17. The molecule has 0 aliphatic heterocycles. The van der Waals surface area contributed by atoms with E-state index in [0.29, 0.717) is 0 Å². The largest absolute Gasteiger partial charge is 0.396 e. The third-order valence-electron chi connectivity index (χ3n) is 4.94. The van der Waals surface area contributed by atoms with Crippen molar-refractivity contribution in [3.63, 3.8) is 0 Å². The summed E-state index contributed by atoms with van der Waals surface area (Å²) in [5.74, 6) is 1.11. The number of aliphatic hydroxyl groups excluding tert-OH is 1. The van der Waals surface area contributed by atoms with E-state index in [1.165, 1.54) is 83.5 Å². The van der Waals surface area contributed by atoms with Crippen LogP contribution in [0.4, 0.5) is 0 Å². The van der Waals surface area contributed by atoms with Gasteiger partial charge in [0.25, 0.3) is 0 Å². The average molecular weight is 349 g/mol. The number of unbranched alkanes of at least 4 members (excludes halogenated alkanes) is 11. The van der Waals surface area contributed by atoms with Crippen LogP contribution >= 0.6 is 0 Å². The normalized spacial score (nSPS) is 12.9. The first-order chi connectivity index (χ1) is 12.4. The second kappa shape index (κ2) is 16.4. The van der Waals surface area contributed by atoms with Crippen molar-refractivity contribution in [1.29, 1.82) is 0 Å². The molecule has 0 amide bonds. The van der Waals surface area contributed by atoms with E-state index in [0.717, 1.165) is 12.2 Å². The topological polar surface area (TPSA) is 48.9 Å². The lowest BCUT2D eigenvalue weighted by Crippen LogP contribution is -2.06. The molecule has 0 fully saturated rings. The molecule has 0 saturated carbocycles. The van der Waals surface area contributed by atoms with Crippen LogP contribution in [0.15, 0.2) is 24.5 Å². The van der Waals surface area contributed by atoms with Gasteiger partial charge in [0.05, 0.1) is 6.61 Å². The van der Waals surface area contributed by atoms with Crippen LogP contribution in [0.25, 0.3) is 0 Å². The Balaban J connectivity index is 1.84. The van der Waals surface area contributed by atoms with Gasteiger partial charge in [0.2, 0.25) is 0 Å². The van der Waals surface area contributed by atoms with E-state index >= 15 is 0 Å². The molecule has 2 N–H and O–H groups in total. The number of imidazole rings is 1. The number of aliphatic hydroxyl groups is 1. The Morgan fingerprint density at radius 1 is 0.920 bits per heavy atom. The van der Waals surface area contributed by atoms with Gasteiger partial charge in [-0.05, 0) is 32.1 Å². The van der Waals surface area contributed by atoms with Gasteiger partial charge >= 0.3 is 0 Å². The van der Waals surface area contributed by atoms with Gasteiger partial charge in [-0.2, -0.15) is 0 Å². The summed E-state index contributed by atoms with van der Waals surface area (Å²) >= 11 is 0. The van der Waals surface area contributed by atoms with Crippen LogP contribution in [-0.2, 0) is 0 Å². The molecule has 0 aliphatic carbocycles. The summed E-state index contributed by atoms with van der Waals surface area (Å²) in [6, 6.07) is 0. The minimum atomic E-state index is 0.180. The first kappa shape index (κ1) is 22.0. The third kappa shape index (κ3) is 12.0. The van der Waals surface area contributed by atoms with Gasteiger partial charge in [0.15, 0.2) is 0 Å². The fourth-order valence-corrected chi connectivity index (χ4v) is 3.28. The highest BCUT2D eigenvalue weighted by Gasteiger charge is 2.11. The zero-order valence-corrected chi connectivity index (χ0v) is 16.4. The Morgan fingerprint density at radius 3 is 2.08 bits per heavy atom. The number of hydrogen-bond donors (Lipinski definition) is 2. The van der Waals surface area contributed by atoms with Crippen LogP contribution in [0.3, 0.4) is 0 Å². The van der Waals surface area contributed by atoms with Crippen LogP contribution < -0.4 is 0 Å². The second-order valence-corrected chi connectivity index (χ2v) is 7.23. The molecule has 0 aliphatic rings. The van der Waals surface area contributed by atoms with Crippen molar-refractivity contribution >= 4 is 0 Å². The smallest absolute Gasteiger partial charge is 0.111 e. The van der Waals surface area contributed by atoms with Crippen molar-refractivity contribution in [1.82, 2.24) is 9.97 Å². The predicted octanol–water partition coefficient (Wildman–Crippen LogP) is 6.52. The standard InChI is InChI=1S/C22H40N2O/c1-2-3-4-5-6-7-8-9-10-11-12-13-14-15-16-17-21(20-25)22-23-18-19-24-22/h9-10,18-19,21,25H,2-8,11-17,20H2,1H3,(H,23,24)/b10-9+. The van der Waals surface area contributed by atoms with Gasteiger partial charge in [-0.1, -0.05) is 76.9 Å². The number of aromatic nitrogens is 2. The van der Waals surface area contributed by atoms with E-state index in [-0.39, 0.29) is 12.5 Å². The summed E-state index contributed by atoms with van der Waals surface area (Å²) in [5, 5.41) is 9.45. The molecular weight excluding hydrogens is 308 g/mol. The molecule has 1 atom stereocenters. The summed E-state index contributed by atoms with van der Waals surface area (Å²) in [6.45, 7) is 2.46. The van der Waals surface area contributed by atoms with Gasteiger partial charge in [-0.25, -0.2) is 4.98 Å². The molecule has 1 heterocycles. The number of allylic oxidation sites excluding steroid dienone is 2. The molecule has 1 unspecified atom stereocenters. The van der Waals surface area contributed by atoms with Gasteiger partial charge in [0, 0.05) is 18.3 Å². The highest BCUT2D eigenvalue weighted by molar-refractivity contribution is 4.96. The summed E-state index contributed by atoms with van der Waals surface area (Å²) in [5.41, 5.74) is 0. The van der Waals surface area contributed by atoms with Crippen molar-refractivity contribution in [2.75, 3.05) is 6.61 Å². The van der Waals surface area contributed by atoms with E-state index in [2.05, 4.69) is 29.0 Å². The van der Waals surface area contributed by atoms with Crippen LogP contribution in [0.2, 0.25) is 0 Å². The maximum atomic E-state index is 9.45. The van der Waals surface area contributed by atoms with E-state index in [9.17, 15) is 5.11 Å². The van der Waals surface area contributed by atoms with Gasteiger partial charge in [-0.15, -0.1) is 0 Å². The lowest BCUT2D eigenvalue weighted by Gasteiger charge is -2.10. The fraction of sp³-hybridized carbons (Fsp3) is 0.773. The molecule has 0 saturated heterocycles. The molecule has 0 spiro atoms. The molecule has 1 aromatic rings. The summed E-state index contributed by atoms with van der Waals surface area (Å²) in [6.07, 6.45) is 26.6. The van der Waals surface area contributed by atoms with Crippen molar-refractivity contribution in [2.24, 2.45) is 0 Å². The first-order valence-electron chi connectivity index (χ1n) is 10.6. The summed E-state index contributed by atoms with van der Waals surface area (Å²) in [7, 11) is 0. The molecule has 25 heavy (non-hydrogen) atoms. The maximum absolute atomic E-state index is 9.45.